The summed E-state index contributed by atoms with van der Waals surface area (Å²) in [6.07, 6.45) is 3.49. The maximum Gasteiger partial charge on any atom is 0.335 e. The van der Waals surface area contributed by atoms with Crippen molar-refractivity contribution in [1.82, 2.24) is 0 Å². The molecule has 2 aromatic rings. The van der Waals surface area contributed by atoms with Gasteiger partial charge in [0.2, 0.25) is 5.91 Å². The molecule has 2 N–H and O–H groups in total. The van der Waals surface area contributed by atoms with E-state index >= 15 is 0 Å². The average Bonchev–Trinajstić information content (AvgIpc) is 2.67. The van der Waals surface area contributed by atoms with Gasteiger partial charge in [0.25, 0.3) is 0 Å². The zero-order valence-corrected chi connectivity index (χ0v) is 15.4. The Morgan fingerprint density at radius 1 is 0.963 bits per heavy atom. The van der Waals surface area contributed by atoms with Crippen LogP contribution in [0, 0.1) is 0 Å². The molecule has 0 bridgehead atoms. The largest absolute Gasteiger partial charge is 0.490 e. The number of carbonyl (C=O) groups excluding carboxylic acids is 1. The fraction of sp³-hybridized carbons (Fsp3) is 0.333. The van der Waals surface area contributed by atoms with E-state index in [1.165, 1.54) is 12.1 Å². The van der Waals surface area contributed by atoms with Crippen LogP contribution in [-0.2, 0) is 4.79 Å². The number of hydrogen-bond acceptors (Lipinski definition) is 4. The summed E-state index contributed by atoms with van der Waals surface area (Å²) in [5, 5.41) is 11.8. The number of rotatable bonds is 11. The number of anilines is 1. The Kier molecular flexibility index (Phi) is 8.16. The number of para-hydroxylation sites is 2. The molecular formula is C21H25NO5. The highest BCUT2D eigenvalue weighted by atomic mass is 16.5. The van der Waals surface area contributed by atoms with Crippen LogP contribution in [0.2, 0.25) is 0 Å². The molecule has 0 atom stereocenters. The third-order valence-corrected chi connectivity index (χ3v) is 3.88. The normalized spacial score (nSPS) is 10.3. The number of carbonyl (C=O) groups is 2. The summed E-state index contributed by atoms with van der Waals surface area (Å²) in [4.78, 5) is 22.8. The minimum atomic E-state index is -0.974. The zero-order chi connectivity index (χ0) is 19.5. The van der Waals surface area contributed by atoms with Gasteiger partial charge in [-0.1, -0.05) is 31.9 Å². The van der Waals surface area contributed by atoms with Crippen molar-refractivity contribution in [2.45, 2.75) is 32.6 Å². The van der Waals surface area contributed by atoms with Crippen LogP contribution in [-0.4, -0.2) is 30.2 Å². The van der Waals surface area contributed by atoms with Gasteiger partial charge in [-0.15, -0.1) is 0 Å². The summed E-state index contributed by atoms with van der Waals surface area (Å²) in [7, 11) is 0. The van der Waals surface area contributed by atoms with E-state index in [1.54, 1.807) is 24.3 Å². The quantitative estimate of drug-likeness (QED) is 0.573. The standard InChI is InChI=1S/C21H25NO5/c1-2-3-4-9-20(23)22-18-7-5-6-8-19(18)27-15-14-26-17-12-10-16(11-13-17)21(24)25/h5-8,10-13H,2-4,9,14-15H2,1H3,(H,22,23)(H,24,25). The van der Waals surface area contributed by atoms with Gasteiger partial charge in [0.05, 0.1) is 11.3 Å². The second kappa shape index (κ2) is 10.9. The highest BCUT2D eigenvalue weighted by molar-refractivity contribution is 5.92. The van der Waals surface area contributed by atoms with Crippen molar-refractivity contribution in [3.63, 3.8) is 0 Å². The molecule has 0 radical (unpaired) electrons. The van der Waals surface area contributed by atoms with E-state index in [0.717, 1.165) is 19.3 Å². The molecule has 2 aromatic carbocycles. The van der Waals surface area contributed by atoms with Gasteiger partial charge in [0.1, 0.15) is 24.7 Å². The summed E-state index contributed by atoms with van der Waals surface area (Å²) in [5.41, 5.74) is 0.854. The summed E-state index contributed by atoms with van der Waals surface area (Å²) in [6.45, 7) is 2.69. The predicted molar refractivity (Wildman–Crippen MR) is 104 cm³/mol. The molecule has 0 aromatic heterocycles. The van der Waals surface area contributed by atoms with Gasteiger partial charge in [-0.25, -0.2) is 4.79 Å². The van der Waals surface area contributed by atoms with Gasteiger partial charge in [-0.2, -0.15) is 0 Å². The Balaban J connectivity index is 1.80. The third kappa shape index (κ3) is 7.01. The Bertz CT molecular complexity index is 742. The lowest BCUT2D eigenvalue weighted by molar-refractivity contribution is -0.116. The number of carboxylic acid groups (broad SMARTS) is 1. The molecule has 6 heteroatoms. The maximum absolute atomic E-state index is 12.0. The van der Waals surface area contributed by atoms with Crippen molar-refractivity contribution in [2.75, 3.05) is 18.5 Å². The summed E-state index contributed by atoms with van der Waals surface area (Å²) in [6, 6.07) is 13.5. The predicted octanol–water partition coefficient (Wildman–Crippen LogP) is 4.36. The first-order chi connectivity index (χ1) is 13.1. The van der Waals surface area contributed by atoms with E-state index in [0.29, 0.717) is 36.8 Å². The number of hydrogen-bond donors (Lipinski definition) is 2. The van der Waals surface area contributed by atoms with Gasteiger partial charge in [0, 0.05) is 6.42 Å². The van der Waals surface area contributed by atoms with Crippen molar-refractivity contribution in [1.29, 1.82) is 0 Å². The van der Waals surface area contributed by atoms with Gasteiger partial charge in [-0.3, -0.25) is 4.79 Å². The SMILES string of the molecule is CCCCCC(=O)Nc1ccccc1OCCOc1ccc(C(=O)O)cc1. The minimum Gasteiger partial charge on any atom is -0.490 e. The van der Waals surface area contributed by atoms with Crippen molar-refractivity contribution in [3.8, 4) is 11.5 Å². The van der Waals surface area contributed by atoms with Crippen LogP contribution < -0.4 is 14.8 Å². The first kappa shape index (κ1) is 20.3. The number of ether oxygens (including phenoxy) is 2. The second-order valence-electron chi connectivity index (χ2n) is 6.03. The molecule has 0 aliphatic rings. The summed E-state index contributed by atoms with van der Waals surface area (Å²) < 4.78 is 11.3. The third-order valence-electron chi connectivity index (χ3n) is 3.88. The van der Waals surface area contributed by atoms with E-state index in [1.807, 2.05) is 12.1 Å². The Morgan fingerprint density at radius 3 is 2.37 bits per heavy atom. The van der Waals surface area contributed by atoms with E-state index in [-0.39, 0.29) is 11.5 Å². The second-order valence-corrected chi connectivity index (χ2v) is 6.03. The van der Waals surface area contributed by atoms with E-state index in [2.05, 4.69) is 12.2 Å². The summed E-state index contributed by atoms with van der Waals surface area (Å²) in [5.74, 6) is 0.166. The van der Waals surface area contributed by atoms with Gasteiger partial charge < -0.3 is 19.9 Å². The van der Waals surface area contributed by atoms with Crippen molar-refractivity contribution in [2.24, 2.45) is 0 Å². The van der Waals surface area contributed by atoms with Crippen LogP contribution in [0.5, 0.6) is 11.5 Å². The van der Waals surface area contributed by atoms with Crippen molar-refractivity contribution >= 4 is 17.6 Å². The fourth-order valence-electron chi connectivity index (χ4n) is 2.45. The van der Waals surface area contributed by atoms with Crippen molar-refractivity contribution in [3.05, 3.63) is 54.1 Å². The molecule has 0 saturated heterocycles. The van der Waals surface area contributed by atoms with E-state index in [4.69, 9.17) is 14.6 Å². The molecule has 2 rings (SSSR count). The number of aromatic carboxylic acids is 1. The molecule has 0 fully saturated rings. The number of carboxylic acids is 1. The smallest absolute Gasteiger partial charge is 0.335 e. The van der Waals surface area contributed by atoms with Crippen LogP contribution in [0.25, 0.3) is 0 Å². The Hall–Kier alpha value is -3.02. The topological polar surface area (TPSA) is 84.9 Å². The molecule has 0 unspecified atom stereocenters. The lowest BCUT2D eigenvalue weighted by Crippen LogP contribution is -2.14. The molecule has 0 heterocycles. The number of amides is 1. The molecule has 0 aliphatic carbocycles. The monoisotopic (exact) mass is 371 g/mol. The van der Waals surface area contributed by atoms with Gasteiger partial charge in [-0.05, 0) is 42.8 Å². The maximum atomic E-state index is 12.0. The van der Waals surface area contributed by atoms with Crippen LogP contribution in [0.1, 0.15) is 43.0 Å². The minimum absolute atomic E-state index is 0.0192. The first-order valence-electron chi connectivity index (χ1n) is 9.08. The van der Waals surface area contributed by atoms with Gasteiger partial charge >= 0.3 is 5.97 Å². The summed E-state index contributed by atoms with van der Waals surface area (Å²) >= 11 is 0. The number of nitrogens with one attached hydrogen (secondary N) is 1. The van der Waals surface area contributed by atoms with Crippen molar-refractivity contribution < 1.29 is 24.2 Å². The Labute approximate surface area is 159 Å². The first-order valence-corrected chi connectivity index (χ1v) is 9.08. The molecule has 27 heavy (non-hydrogen) atoms. The Morgan fingerprint density at radius 2 is 1.67 bits per heavy atom. The highest BCUT2D eigenvalue weighted by Crippen LogP contribution is 2.24. The van der Waals surface area contributed by atoms with Crippen LogP contribution >= 0.6 is 0 Å². The van der Waals surface area contributed by atoms with Crippen LogP contribution in [0.15, 0.2) is 48.5 Å². The fourth-order valence-corrected chi connectivity index (χ4v) is 2.45. The van der Waals surface area contributed by atoms with Gasteiger partial charge in [0.15, 0.2) is 0 Å². The average molecular weight is 371 g/mol. The highest BCUT2D eigenvalue weighted by Gasteiger charge is 2.08. The molecule has 1 amide bonds. The molecule has 6 nitrogen and oxygen atoms in total. The number of benzene rings is 2. The van der Waals surface area contributed by atoms with E-state index < -0.39 is 5.97 Å². The lowest BCUT2D eigenvalue weighted by Gasteiger charge is -2.13. The molecule has 0 aliphatic heterocycles. The zero-order valence-electron chi connectivity index (χ0n) is 15.4. The lowest BCUT2D eigenvalue weighted by atomic mass is 10.2. The molecule has 144 valence electrons. The van der Waals surface area contributed by atoms with Crippen LogP contribution in [0.3, 0.4) is 0 Å². The molecular weight excluding hydrogens is 346 g/mol. The number of unbranched alkanes of at least 4 members (excludes halogenated alkanes) is 2. The van der Waals surface area contributed by atoms with E-state index in [9.17, 15) is 9.59 Å². The van der Waals surface area contributed by atoms with Crippen LogP contribution in [0.4, 0.5) is 5.69 Å². The molecule has 0 spiro atoms. The molecule has 0 saturated carbocycles.